The van der Waals surface area contributed by atoms with Crippen molar-refractivity contribution in [3.8, 4) is 0 Å². The molecule has 0 amide bonds. The minimum Gasteiger partial charge on any atom is -0.377 e. The largest absolute Gasteiger partial charge is 0.377 e. The maximum atomic E-state index is 5.37. The highest BCUT2D eigenvalue weighted by molar-refractivity contribution is 4.75. The second kappa shape index (κ2) is 10.7. The molecule has 0 unspecified atom stereocenters. The summed E-state index contributed by atoms with van der Waals surface area (Å²) < 4.78 is 5.34. The number of unbranched alkanes of at least 4 members (excludes halogenated alkanes) is 3. The Hall–Kier alpha value is -0.340. The number of hydrogen-bond acceptors (Lipinski definition) is 2. The fraction of sp³-hybridized carbons (Fsp3) is 0.800. The second-order valence-electron chi connectivity index (χ2n) is 2.85. The van der Waals surface area contributed by atoms with Crippen molar-refractivity contribution in [3.05, 3.63) is 12.2 Å². The Morgan fingerprint density at radius 3 is 2.58 bits per heavy atom. The molecular formula is C10H21NO. The Bertz CT molecular complexity index is 102. The van der Waals surface area contributed by atoms with Crippen molar-refractivity contribution < 1.29 is 4.74 Å². The molecule has 12 heavy (non-hydrogen) atoms. The average molecular weight is 171 g/mol. The second-order valence-corrected chi connectivity index (χ2v) is 2.85. The molecule has 2 nitrogen and oxygen atoms in total. The Morgan fingerprint density at radius 2 is 1.92 bits per heavy atom. The minimum absolute atomic E-state index is 0.757. The molecule has 0 saturated carbocycles. The van der Waals surface area contributed by atoms with Gasteiger partial charge in [0.25, 0.3) is 0 Å². The SMILES string of the molecule is CC=CCOCCCCCCN. The van der Waals surface area contributed by atoms with Gasteiger partial charge in [-0.3, -0.25) is 0 Å². The Balaban J connectivity index is 2.81. The van der Waals surface area contributed by atoms with Crippen LogP contribution in [0.5, 0.6) is 0 Å². The summed E-state index contributed by atoms with van der Waals surface area (Å²) in [4.78, 5) is 0. The first-order valence-electron chi connectivity index (χ1n) is 4.80. The summed E-state index contributed by atoms with van der Waals surface area (Å²) in [7, 11) is 0. The van der Waals surface area contributed by atoms with Crippen LogP contribution in [0, 0.1) is 0 Å². The number of rotatable bonds is 8. The molecule has 0 rings (SSSR count). The molecule has 2 N–H and O–H groups in total. The van der Waals surface area contributed by atoms with Crippen molar-refractivity contribution >= 4 is 0 Å². The molecule has 0 atom stereocenters. The standard InChI is InChI=1S/C10H21NO/c1-2-3-9-12-10-7-5-4-6-8-11/h2-3H,4-11H2,1H3. The Labute approximate surface area is 75.8 Å². The van der Waals surface area contributed by atoms with Crippen molar-refractivity contribution in [1.29, 1.82) is 0 Å². The van der Waals surface area contributed by atoms with Crippen LogP contribution in [-0.2, 0) is 4.74 Å². The first kappa shape index (κ1) is 11.7. The summed E-state index contributed by atoms with van der Waals surface area (Å²) in [6, 6.07) is 0. The van der Waals surface area contributed by atoms with Crippen molar-refractivity contribution in [2.24, 2.45) is 5.73 Å². The van der Waals surface area contributed by atoms with Gasteiger partial charge in [0.2, 0.25) is 0 Å². The van der Waals surface area contributed by atoms with E-state index in [1.807, 2.05) is 19.1 Å². The summed E-state index contributed by atoms with van der Waals surface area (Å²) in [6.45, 7) is 4.46. The molecule has 0 saturated heterocycles. The number of nitrogens with two attached hydrogens (primary N) is 1. The van der Waals surface area contributed by atoms with Gasteiger partial charge < -0.3 is 10.5 Å². The molecule has 0 spiro atoms. The molecule has 0 aliphatic heterocycles. The molecule has 0 heterocycles. The van der Waals surface area contributed by atoms with Gasteiger partial charge >= 0.3 is 0 Å². The maximum Gasteiger partial charge on any atom is 0.0647 e. The summed E-state index contributed by atoms with van der Waals surface area (Å²) in [5, 5.41) is 0. The molecule has 0 radical (unpaired) electrons. The van der Waals surface area contributed by atoms with Crippen LogP contribution < -0.4 is 5.73 Å². The third-order valence-electron chi connectivity index (χ3n) is 1.69. The van der Waals surface area contributed by atoms with E-state index in [1.165, 1.54) is 12.8 Å². The summed E-state index contributed by atoms with van der Waals surface area (Å²) in [5.74, 6) is 0. The molecule has 72 valence electrons. The monoisotopic (exact) mass is 171 g/mol. The highest BCUT2D eigenvalue weighted by Crippen LogP contribution is 1.98. The summed E-state index contributed by atoms with van der Waals surface area (Å²) >= 11 is 0. The molecule has 2 heteroatoms. The zero-order valence-electron chi connectivity index (χ0n) is 8.09. The number of ether oxygens (including phenoxy) is 1. The fourth-order valence-corrected chi connectivity index (χ4v) is 0.950. The molecule has 0 aromatic heterocycles. The lowest BCUT2D eigenvalue weighted by Crippen LogP contribution is -1.99. The van der Waals surface area contributed by atoms with Crippen LogP contribution in [0.2, 0.25) is 0 Å². The molecule has 0 bridgehead atoms. The van der Waals surface area contributed by atoms with Gasteiger partial charge in [0, 0.05) is 6.61 Å². The van der Waals surface area contributed by atoms with Gasteiger partial charge in [-0.15, -0.1) is 0 Å². The number of allylic oxidation sites excluding steroid dienone is 1. The predicted molar refractivity (Wildman–Crippen MR) is 53.2 cm³/mol. The molecule has 0 aromatic rings. The van der Waals surface area contributed by atoms with Crippen LogP contribution in [0.25, 0.3) is 0 Å². The first-order valence-corrected chi connectivity index (χ1v) is 4.80. The first-order chi connectivity index (χ1) is 5.91. The highest BCUT2D eigenvalue weighted by atomic mass is 16.5. The van der Waals surface area contributed by atoms with Crippen LogP contribution in [0.1, 0.15) is 32.6 Å². The van der Waals surface area contributed by atoms with E-state index in [-0.39, 0.29) is 0 Å². The smallest absolute Gasteiger partial charge is 0.0647 e. The lowest BCUT2D eigenvalue weighted by molar-refractivity contribution is 0.157. The summed E-state index contributed by atoms with van der Waals surface area (Å²) in [6.07, 6.45) is 8.83. The van der Waals surface area contributed by atoms with Crippen molar-refractivity contribution in [2.45, 2.75) is 32.6 Å². The molecule has 0 aromatic carbocycles. The fourth-order valence-electron chi connectivity index (χ4n) is 0.950. The van der Waals surface area contributed by atoms with Gasteiger partial charge in [-0.25, -0.2) is 0 Å². The zero-order chi connectivity index (χ0) is 9.07. The molecule has 0 aliphatic rings. The van der Waals surface area contributed by atoms with Crippen LogP contribution in [0.15, 0.2) is 12.2 Å². The third-order valence-corrected chi connectivity index (χ3v) is 1.69. The minimum atomic E-state index is 0.757. The predicted octanol–water partition coefficient (Wildman–Crippen LogP) is 2.10. The topological polar surface area (TPSA) is 35.2 Å². The van der Waals surface area contributed by atoms with Gasteiger partial charge in [-0.05, 0) is 26.3 Å². The Morgan fingerprint density at radius 1 is 1.17 bits per heavy atom. The van der Waals surface area contributed by atoms with Gasteiger partial charge in [-0.2, -0.15) is 0 Å². The average Bonchev–Trinajstić information content (AvgIpc) is 2.10. The van der Waals surface area contributed by atoms with E-state index in [4.69, 9.17) is 10.5 Å². The van der Waals surface area contributed by atoms with E-state index in [0.717, 1.165) is 32.6 Å². The molecular weight excluding hydrogens is 150 g/mol. The summed E-state index contributed by atoms with van der Waals surface area (Å²) in [5.41, 5.74) is 5.37. The van der Waals surface area contributed by atoms with E-state index >= 15 is 0 Å². The van der Waals surface area contributed by atoms with Gasteiger partial charge in [0.15, 0.2) is 0 Å². The lowest BCUT2D eigenvalue weighted by atomic mass is 10.2. The van der Waals surface area contributed by atoms with E-state index in [1.54, 1.807) is 0 Å². The molecule has 0 aliphatic carbocycles. The normalized spacial score (nSPS) is 11.2. The number of hydrogen-bond donors (Lipinski definition) is 1. The van der Waals surface area contributed by atoms with Gasteiger partial charge in [-0.1, -0.05) is 25.0 Å². The maximum absolute atomic E-state index is 5.37. The van der Waals surface area contributed by atoms with Crippen LogP contribution in [0.3, 0.4) is 0 Å². The molecule has 0 fully saturated rings. The quantitative estimate of drug-likeness (QED) is 0.448. The highest BCUT2D eigenvalue weighted by Gasteiger charge is 1.88. The third kappa shape index (κ3) is 9.66. The van der Waals surface area contributed by atoms with E-state index in [0.29, 0.717) is 0 Å². The zero-order valence-corrected chi connectivity index (χ0v) is 8.09. The Kier molecular flexibility index (Phi) is 10.4. The van der Waals surface area contributed by atoms with E-state index in [2.05, 4.69) is 0 Å². The van der Waals surface area contributed by atoms with Crippen LogP contribution in [0.4, 0.5) is 0 Å². The van der Waals surface area contributed by atoms with E-state index in [9.17, 15) is 0 Å². The van der Waals surface area contributed by atoms with Gasteiger partial charge in [0.05, 0.1) is 6.61 Å². The van der Waals surface area contributed by atoms with Crippen molar-refractivity contribution in [3.63, 3.8) is 0 Å². The lowest BCUT2D eigenvalue weighted by Gasteiger charge is -2.00. The van der Waals surface area contributed by atoms with Crippen molar-refractivity contribution in [1.82, 2.24) is 0 Å². The van der Waals surface area contributed by atoms with Crippen molar-refractivity contribution in [2.75, 3.05) is 19.8 Å². The van der Waals surface area contributed by atoms with Crippen LogP contribution in [-0.4, -0.2) is 19.8 Å². The van der Waals surface area contributed by atoms with E-state index < -0.39 is 0 Å². The van der Waals surface area contributed by atoms with Gasteiger partial charge in [0.1, 0.15) is 0 Å². The van der Waals surface area contributed by atoms with Crippen LogP contribution >= 0.6 is 0 Å².